The van der Waals surface area contributed by atoms with Crippen LogP contribution in [0.15, 0.2) is 48.5 Å². The molecule has 0 spiro atoms. The Bertz CT molecular complexity index is 813. The van der Waals surface area contributed by atoms with E-state index in [2.05, 4.69) is 5.32 Å². The number of nitrogens with one attached hydrogen (secondary N) is 1. The van der Waals surface area contributed by atoms with Gasteiger partial charge in [0.2, 0.25) is 5.91 Å². The molecule has 0 radical (unpaired) electrons. The minimum absolute atomic E-state index is 0.0527. The Morgan fingerprint density at radius 1 is 1.04 bits per heavy atom. The highest BCUT2D eigenvalue weighted by atomic mass is 16.6. The molecule has 26 heavy (non-hydrogen) atoms. The van der Waals surface area contributed by atoms with Gasteiger partial charge in [-0.05, 0) is 31.2 Å². The van der Waals surface area contributed by atoms with Crippen LogP contribution in [0.25, 0.3) is 0 Å². The lowest BCUT2D eigenvalue weighted by molar-refractivity contribution is -0.116. The maximum atomic E-state index is 12.1. The number of hydrogen-bond acceptors (Lipinski definition) is 4. The van der Waals surface area contributed by atoms with E-state index in [-0.39, 0.29) is 30.6 Å². The lowest BCUT2D eigenvalue weighted by Gasteiger charge is -2.13. The average Bonchev–Trinajstić information content (AvgIpc) is 3.07. The fourth-order valence-electron chi connectivity index (χ4n) is 2.69. The fraction of sp³-hybridized carbons (Fsp3) is 0.250. The zero-order valence-corrected chi connectivity index (χ0v) is 14.5. The first-order valence-electron chi connectivity index (χ1n) is 8.47. The number of carbonyl (C=O) groups is 3. The van der Waals surface area contributed by atoms with Crippen molar-refractivity contribution in [2.75, 3.05) is 23.4 Å². The summed E-state index contributed by atoms with van der Waals surface area (Å²) < 4.78 is 4.90. The number of carbonyl (C=O) groups excluding carboxylic acids is 3. The molecule has 0 unspecified atom stereocenters. The number of nitrogens with zero attached hydrogens (tertiary/aromatic N) is 1. The van der Waals surface area contributed by atoms with Crippen LogP contribution in [-0.2, 0) is 9.53 Å². The Morgan fingerprint density at radius 3 is 2.35 bits per heavy atom. The van der Waals surface area contributed by atoms with E-state index < -0.39 is 0 Å². The number of hydrogen-bond donors (Lipinski definition) is 1. The van der Waals surface area contributed by atoms with E-state index in [4.69, 9.17) is 4.74 Å². The molecule has 3 rings (SSSR count). The predicted molar refractivity (Wildman–Crippen MR) is 98.5 cm³/mol. The van der Waals surface area contributed by atoms with Crippen molar-refractivity contribution in [3.05, 3.63) is 59.7 Å². The zero-order valence-electron chi connectivity index (χ0n) is 14.5. The second-order valence-corrected chi connectivity index (χ2v) is 6.15. The third-order valence-electron chi connectivity index (χ3n) is 4.18. The quantitative estimate of drug-likeness (QED) is 0.807. The second-order valence-electron chi connectivity index (χ2n) is 6.15. The molecular weight excluding hydrogens is 332 g/mol. The van der Waals surface area contributed by atoms with Gasteiger partial charge in [0.15, 0.2) is 5.78 Å². The molecule has 0 aliphatic carbocycles. The average molecular weight is 352 g/mol. The van der Waals surface area contributed by atoms with Crippen molar-refractivity contribution in [3.63, 3.8) is 0 Å². The van der Waals surface area contributed by atoms with Crippen LogP contribution < -0.4 is 10.2 Å². The van der Waals surface area contributed by atoms with E-state index in [1.807, 2.05) is 19.1 Å². The molecule has 0 saturated carbocycles. The van der Waals surface area contributed by atoms with Gasteiger partial charge in [-0.3, -0.25) is 14.5 Å². The van der Waals surface area contributed by atoms with E-state index in [0.29, 0.717) is 24.4 Å². The molecule has 0 atom stereocenters. The summed E-state index contributed by atoms with van der Waals surface area (Å²) in [5.74, 6) is -0.276. The van der Waals surface area contributed by atoms with Crippen LogP contribution in [-0.4, -0.2) is 30.9 Å². The van der Waals surface area contributed by atoms with Gasteiger partial charge in [-0.15, -0.1) is 0 Å². The predicted octanol–water partition coefficient (Wildman–Crippen LogP) is 3.55. The van der Waals surface area contributed by atoms with E-state index in [9.17, 15) is 14.4 Å². The molecule has 1 fully saturated rings. The van der Waals surface area contributed by atoms with Crippen LogP contribution in [0.5, 0.6) is 0 Å². The fourth-order valence-corrected chi connectivity index (χ4v) is 2.69. The third kappa shape index (κ3) is 4.27. The summed E-state index contributed by atoms with van der Waals surface area (Å²) in [6, 6.07) is 14.3. The maximum absolute atomic E-state index is 12.1. The van der Waals surface area contributed by atoms with Crippen LogP contribution in [0.1, 0.15) is 28.8 Å². The summed E-state index contributed by atoms with van der Waals surface area (Å²) in [6.07, 6.45) is -0.0872. The largest absolute Gasteiger partial charge is 0.447 e. The van der Waals surface area contributed by atoms with Crippen LogP contribution in [0, 0.1) is 6.92 Å². The summed E-state index contributed by atoms with van der Waals surface area (Å²) >= 11 is 0. The lowest BCUT2D eigenvalue weighted by Crippen LogP contribution is -2.23. The van der Waals surface area contributed by atoms with Crippen molar-refractivity contribution < 1.29 is 19.1 Å². The van der Waals surface area contributed by atoms with Gasteiger partial charge in [0.1, 0.15) is 6.61 Å². The van der Waals surface area contributed by atoms with Gasteiger partial charge in [0.05, 0.1) is 6.54 Å². The highest BCUT2D eigenvalue weighted by Crippen LogP contribution is 2.21. The van der Waals surface area contributed by atoms with Crippen LogP contribution >= 0.6 is 0 Å². The number of Topliss-reactive ketones (excluding diaryl/α,β-unsaturated/α-hetero) is 1. The van der Waals surface area contributed by atoms with Crippen molar-refractivity contribution in [2.45, 2.75) is 19.8 Å². The molecule has 1 aliphatic rings. The molecule has 6 nitrogen and oxygen atoms in total. The summed E-state index contributed by atoms with van der Waals surface area (Å²) in [7, 11) is 0. The van der Waals surface area contributed by atoms with E-state index in [1.54, 1.807) is 36.4 Å². The Hall–Kier alpha value is -3.15. The number of rotatable bonds is 6. The monoisotopic (exact) mass is 352 g/mol. The Kier molecular flexibility index (Phi) is 5.31. The normalized spacial score (nSPS) is 13.4. The van der Waals surface area contributed by atoms with Gasteiger partial charge < -0.3 is 10.1 Å². The highest BCUT2D eigenvalue weighted by molar-refractivity contribution is 6.00. The van der Waals surface area contributed by atoms with E-state index in [0.717, 1.165) is 11.3 Å². The third-order valence-corrected chi connectivity index (χ3v) is 4.18. The van der Waals surface area contributed by atoms with Crippen molar-refractivity contribution in [2.24, 2.45) is 0 Å². The van der Waals surface area contributed by atoms with E-state index >= 15 is 0 Å². The van der Waals surface area contributed by atoms with Crippen molar-refractivity contribution in [3.8, 4) is 0 Å². The lowest BCUT2D eigenvalue weighted by atomic mass is 10.0. The van der Waals surface area contributed by atoms with Gasteiger partial charge >= 0.3 is 6.09 Å². The minimum atomic E-state index is -0.364. The Labute approximate surface area is 151 Å². The van der Waals surface area contributed by atoms with E-state index in [1.165, 1.54) is 4.90 Å². The molecule has 134 valence electrons. The van der Waals surface area contributed by atoms with Gasteiger partial charge in [0.25, 0.3) is 0 Å². The van der Waals surface area contributed by atoms with Crippen molar-refractivity contribution in [1.29, 1.82) is 0 Å². The smallest absolute Gasteiger partial charge is 0.414 e. The topological polar surface area (TPSA) is 75.7 Å². The molecule has 1 N–H and O–H groups in total. The minimum Gasteiger partial charge on any atom is -0.447 e. The molecule has 1 saturated heterocycles. The molecular formula is C20H20N2O4. The molecule has 1 aliphatic heterocycles. The molecule has 0 bridgehead atoms. The summed E-state index contributed by atoms with van der Waals surface area (Å²) in [5.41, 5.74) is 3.05. The summed E-state index contributed by atoms with van der Waals surface area (Å²) in [4.78, 5) is 37.2. The number of cyclic esters (lactones) is 1. The molecule has 6 heteroatoms. The zero-order chi connectivity index (χ0) is 18.5. The van der Waals surface area contributed by atoms with Crippen LogP contribution in [0.2, 0.25) is 0 Å². The van der Waals surface area contributed by atoms with Gasteiger partial charge in [-0.25, -0.2) is 4.79 Å². The molecule has 2 amide bonds. The van der Waals surface area contributed by atoms with Gasteiger partial charge in [-0.2, -0.15) is 0 Å². The number of benzene rings is 2. The molecule has 2 aromatic rings. The number of amides is 2. The highest BCUT2D eigenvalue weighted by Gasteiger charge is 2.23. The molecule has 1 heterocycles. The first-order chi connectivity index (χ1) is 12.5. The first kappa shape index (κ1) is 17.7. The summed E-state index contributed by atoms with van der Waals surface area (Å²) in [6.45, 7) is 2.86. The maximum Gasteiger partial charge on any atom is 0.414 e. The first-order valence-corrected chi connectivity index (χ1v) is 8.47. The number of ether oxygens (including phenoxy) is 1. The molecule has 0 aromatic heterocycles. The van der Waals surface area contributed by atoms with Crippen LogP contribution in [0.4, 0.5) is 16.2 Å². The number of anilines is 2. The summed E-state index contributed by atoms with van der Waals surface area (Å²) in [5, 5.41) is 2.76. The van der Waals surface area contributed by atoms with Crippen LogP contribution in [0.3, 0.4) is 0 Å². The number of aryl methyl sites for hydroxylation is 1. The van der Waals surface area contributed by atoms with Crippen molar-refractivity contribution in [1.82, 2.24) is 0 Å². The Morgan fingerprint density at radius 2 is 1.73 bits per heavy atom. The second kappa shape index (κ2) is 7.82. The van der Waals surface area contributed by atoms with Crippen molar-refractivity contribution >= 4 is 29.2 Å². The SMILES string of the molecule is Cc1ccc(C(=O)CCC(=O)Nc2ccc(N3CCOC3=O)cc2)cc1. The number of ketones is 1. The van der Waals surface area contributed by atoms with Gasteiger partial charge in [0, 0.05) is 29.8 Å². The molecule has 2 aromatic carbocycles. The van der Waals surface area contributed by atoms with Gasteiger partial charge in [-0.1, -0.05) is 29.8 Å². The Balaban J connectivity index is 1.50. The standard InChI is InChI=1S/C20H20N2O4/c1-14-2-4-15(5-3-14)18(23)10-11-19(24)21-16-6-8-17(9-7-16)22-12-13-26-20(22)25/h2-9H,10-13H2,1H3,(H,21,24).